The SMILES string of the molecule is C/C(=N/N=C(\C)c1ccc2ccccc2c1)c1ccc2ccccc2c1. The van der Waals surface area contributed by atoms with Crippen LogP contribution >= 0.6 is 0 Å². The second-order valence-electron chi connectivity index (χ2n) is 6.49. The van der Waals surface area contributed by atoms with E-state index in [1.165, 1.54) is 21.5 Å². The van der Waals surface area contributed by atoms with Gasteiger partial charge in [-0.1, -0.05) is 72.8 Å². The maximum atomic E-state index is 4.46. The molecule has 2 nitrogen and oxygen atoms in total. The van der Waals surface area contributed by atoms with Crippen molar-refractivity contribution in [1.29, 1.82) is 0 Å². The Hall–Kier alpha value is -3.26. The van der Waals surface area contributed by atoms with Crippen molar-refractivity contribution in [3.05, 3.63) is 96.1 Å². The quantitative estimate of drug-likeness (QED) is 0.313. The molecule has 2 heteroatoms. The number of nitrogens with zero attached hydrogens (tertiary/aromatic N) is 2. The summed E-state index contributed by atoms with van der Waals surface area (Å²) in [5.41, 5.74) is 4.02. The molecule has 4 rings (SSSR count). The molecule has 0 saturated carbocycles. The molecule has 0 atom stereocenters. The van der Waals surface area contributed by atoms with E-state index in [1.807, 2.05) is 13.8 Å². The fourth-order valence-corrected chi connectivity index (χ4v) is 3.09. The maximum Gasteiger partial charge on any atom is 0.0672 e. The molecular formula is C24H20N2. The first-order chi connectivity index (χ1) is 12.7. The van der Waals surface area contributed by atoms with Crippen LogP contribution in [0.3, 0.4) is 0 Å². The molecule has 0 aromatic heterocycles. The van der Waals surface area contributed by atoms with E-state index in [0.29, 0.717) is 0 Å². The van der Waals surface area contributed by atoms with Crippen LogP contribution in [0.2, 0.25) is 0 Å². The summed E-state index contributed by atoms with van der Waals surface area (Å²) in [5, 5.41) is 13.8. The minimum absolute atomic E-state index is 0.913. The van der Waals surface area contributed by atoms with Crippen LogP contribution in [0.15, 0.2) is 95.1 Å². The Labute approximate surface area is 153 Å². The molecule has 126 valence electrons. The van der Waals surface area contributed by atoms with E-state index in [-0.39, 0.29) is 0 Å². The van der Waals surface area contributed by atoms with E-state index in [4.69, 9.17) is 0 Å². The van der Waals surface area contributed by atoms with Crippen molar-refractivity contribution in [2.75, 3.05) is 0 Å². The molecule has 26 heavy (non-hydrogen) atoms. The number of rotatable bonds is 3. The summed E-state index contributed by atoms with van der Waals surface area (Å²) >= 11 is 0. The Kier molecular flexibility index (Phi) is 4.32. The molecule has 0 unspecified atom stereocenters. The van der Waals surface area contributed by atoms with Crippen LogP contribution in [0.25, 0.3) is 21.5 Å². The minimum Gasteiger partial charge on any atom is -0.155 e. The molecule has 0 aliphatic carbocycles. The fraction of sp³-hybridized carbons (Fsp3) is 0.0833. The van der Waals surface area contributed by atoms with E-state index < -0.39 is 0 Å². The summed E-state index contributed by atoms with van der Waals surface area (Å²) in [7, 11) is 0. The van der Waals surface area contributed by atoms with Crippen molar-refractivity contribution < 1.29 is 0 Å². The van der Waals surface area contributed by atoms with Gasteiger partial charge in [-0.15, -0.1) is 0 Å². The predicted molar refractivity (Wildman–Crippen MR) is 112 cm³/mol. The van der Waals surface area contributed by atoms with Gasteiger partial charge in [0.2, 0.25) is 0 Å². The second-order valence-corrected chi connectivity index (χ2v) is 6.49. The first-order valence-electron chi connectivity index (χ1n) is 8.78. The van der Waals surface area contributed by atoms with Crippen molar-refractivity contribution in [2.24, 2.45) is 10.2 Å². The summed E-state index contributed by atoms with van der Waals surface area (Å²) in [6.45, 7) is 4.00. The topological polar surface area (TPSA) is 24.7 Å². The highest BCUT2D eigenvalue weighted by molar-refractivity contribution is 6.04. The molecule has 0 fully saturated rings. The highest BCUT2D eigenvalue weighted by atomic mass is 15.2. The first kappa shape index (κ1) is 16.2. The van der Waals surface area contributed by atoms with Gasteiger partial charge >= 0.3 is 0 Å². The molecule has 0 spiro atoms. The Morgan fingerprint density at radius 3 is 1.31 bits per heavy atom. The lowest BCUT2D eigenvalue weighted by Gasteiger charge is -2.04. The first-order valence-corrected chi connectivity index (χ1v) is 8.78. The normalized spacial score (nSPS) is 12.7. The van der Waals surface area contributed by atoms with Crippen molar-refractivity contribution in [2.45, 2.75) is 13.8 Å². The van der Waals surface area contributed by atoms with Gasteiger partial charge in [-0.25, -0.2) is 0 Å². The van der Waals surface area contributed by atoms with Gasteiger partial charge < -0.3 is 0 Å². The average Bonchev–Trinajstić information content (AvgIpc) is 2.71. The highest BCUT2D eigenvalue weighted by Crippen LogP contribution is 2.18. The van der Waals surface area contributed by atoms with Crippen LogP contribution in [0.4, 0.5) is 0 Å². The number of fused-ring (bicyclic) bond motifs is 2. The summed E-state index contributed by atoms with van der Waals surface area (Å²) in [6.07, 6.45) is 0. The van der Waals surface area contributed by atoms with Crippen LogP contribution in [0, 0.1) is 0 Å². The van der Waals surface area contributed by atoms with Gasteiger partial charge in [0.05, 0.1) is 11.4 Å². The standard InChI is InChI=1S/C24H20N2/c1-17(21-13-11-19-7-3-5-9-23(19)15-21)25-26-18(2)22-14-12-20-8-4-6-10-24(20)16-22/h3-16H,1-2H3/b25-17-,26-18+. The van der Waals surface area contributed by atoms with Gasteiger partial charge in [-0.05, 0) is 58.7 Å². The monoisotopic (exact) mass is 336 g/mol. The predicted octanol–water partition coefficient (Wildman–Crippen LogP) is 6.23. The molecule has 0 aliphatic rings. The average molecular weight is 336 g/mol. The molecule has 0 heterocycles. The zero-order valence-electron chi connectivity index (χ0n) is 15.0. The lowest BCUT2D eigenvalue weighted by Crippen LogP contribution is -1.97. The molecule has 0 bridgehead atoms. The van der Waals surface area contributed by atoms with Crippen molar-refractivity contribution in [3.63, 3.8) is 0 Å². The van der Waals surface area contributed by atoms with E-state index in [0.717, 1.165) is 22.6 Å². The van der Waals surface area contributed by atoms with E-state index in [1.54, 1.807) is 0 Å². The summed E-state index contributed by atoms with van der Waals surface area (Å²) in [5.74, 6) is 0. The number of benzene rings is 4. The van der Waals surface area contributed by atoms with Crippen LogP contribution in [0.1, 0.15) is 25.0 Å². The molecule has 0 amide bonds. The van der Waals surface area contributed by atoms with Gasteiger partial charge in [0.1, 0.15) is 0 Å². The van der Waals surface area contributed by atoms with Crippen molar-refractivity contribution in [1.82, 2.24) is 0 Å². The minimum atomic E-state index is 0.913. The Morgan fingerprint density at radius 2 is 0.885 bits per heavy atom. The summed E-state index contributed by atoms with van der Waals surface area (Å²) in [6, 6.07) is 29.5. The van der Waals surface area contributed by atoms with Crippen molar-refractivity contribution in [3.8, 4) is 0 Å². The van der Waals surface area contributed by atoms with Gasteiger partial charge in [-0.2, -0.15) is 10.2 Å². The van der Waals surface area contributed by atoms with Crippen molar-refractivity contribution >= 4 is 33.0 Å². The number of hydrogen-bond donors (Lipinski definition) is 0. The van der Waals surface area contributed by atoms with E-state index in [2.05, 4.69) is 95.1 Å². The highest BCUT2D eigenvalue weighted by Gasteiger charge is 2.02. The molecule has 0 aliphatic heterocycles. The molecule has 4 aromatic carbocycles. The zero-order valence-corrected chi connectivity index (χ0v) is 15.0. The molecule has 0 N–H and O–H groups in total. The molecule has 0 saturated heterocycles. The molecular weight excluding hydrogens is 316 g/mol. The van der Waals surface area contributed by atoms with Crippen LogP contribution < -0.4 is 0 Å². The Bertz CT molecular complexity index is 1060. The third-order valence-corrected chi connectivity index (χ3v) is 4.68. The maximum absolute atomic E-state index is 4.46. The smallest absolute Gasteiger partial charge is 0.0672 e. The second kappa shape index (κ2) is 6.93. The van der Waals surface area contributed by atoms with E-state index in [9.17, 15) is 0 Å². The Morgan fingerprint density at radius 1 is 0.500 bits per heavy atom. The third-order valence-electron chi connectivity index (χ3n) is 4.68. The van der Waals surface area contributed by atoms with Gasteiger partial charge in [-0.3, -0.25) is 0 Å². The van der Waals surface area contributed by atoms with Gasteiger partial charge in [0.25, 0.3) is 0 Å². The molecule has 4 aromatic rings. The lowest BCUT2D eigenvalue weighted by molar-refractivity contribution is 1.22. The van der Waals surface area contributed by atoms with Crippen LogP contribution in [0.5, 0.6) is 0 Å². The molecule has 0 radical (unpaired) electrons. The number of hydrogen-bond acceptors (Lipinski definition) is 2. The third kappa shape index (κ3) is 3.27. The van der Waals surface area contributed by atoms with Gasteiger partial charge in [0, 0.05) is 0 Å². The van der Waals surface area contributed by atoms with E-state index >= 15 is 0 Å². The zero-order chi connectivity index (χ0) is 17.9. The van der Waals surface area contributed by atoms with Crippen LogP contribution in [-0.4, -0.2) is 11.4 Å². The van der Waals surface area contributed by atoms with Gasteiger partial charge in [0.15, 0.2) is 0 Å². The van der Waals surface area contributed by atoms with Crippen LogP contribution in [-0.2, 0) is 0 Å². The Balaban J connectivity index is 1.64. The summed E-state index contributed by atoms with van der Waals surface area (Å²) in [4.78, 5) is 0. The fourth-order valence-electron chi connectivity index (χ4n) is 3.09. The lowest BCUT2D eigenvalue weighted by atomic mass is 10.0. The largest absolute Gasteiger partial charge is 0.155 e. The summed E-state index contributed by atoms with van der Waals surface area (Å²) < 4.78 is 0.